The lowest BCUT2D eigenvalue weighted by Crippen LogP contribution is -2.63. The number of rotatable bonds is 3. The van der Waals surface area contributed by atoms with Gasteiger partial charge in [-0.3, -0.25) is 14.4 Å². The highest BCUT2D eigenvalue weighted by Gasteiger charge is 2.63. The Morgan fingerprint density at radius 2 is 1.66 bits per heavy atom. The fourth-order valence-corrected chi connectivity index (χ4v) is 8.24. The third-order valence-corrected chi connectivity index (χ3v) is 9.76. The van der Waals surface area contributed by atoms with Crippen LogP contribution in [-0.4, -0.2) is 53.6 Å². The first-order chi connectivity index (χ1) is 13.7. The van der Waals surface area contributed by atoms with Crippen LogP contribution in [0.15, 0.2) is 0 Å². The molecule has 3 saturated carbocycles. The van der Waals surface area contributed by atoms with Gasteiger partial charge in [-0.1, -0.05) is 13.8 Å². The normalized spacial score (nSPS) is 44.2. The number of likely N-dealkylation sites (tertiary alicyclic amines) is 1. The highest BCUT2D eigenvalue weighted by atomic mass is 16.2. The zero-order valence-corrected chi connectivity index (χ0v) is 18.9. The molecule has 0 bridgehead atoms. The van der Waals surface area contributed by atoms with Gasteiger partial charge in [0.2, 0.25) is 11.7 Å². The van der Waals surface area contributed by atoms with Crippen LogP contribution in [0, 0.1) is 34.5 Å². The molecule has 0 aromatic rings. The van der Waals surface area contributed by atoms with Crippen LogP contribution >= 0.6 is 0 Å². The lowest BCUT2D eigenvalue weighted by Gasteiger charge is -2.61. The second kappa shape index (κ2) is 7.09. The number of nitrogens with zero attached hydrogens (tertiary/aromatic N) is 2. The predicted molar refractivity (Wildman–Crippen MR) is 112 cm³/mol. The van der Waals surface area contributed by atoms with Crippen molar-refractivity contribution < 1.29 is 14.4 Å². The van der Waals surface area contributed by atoms with Gasteiger partial charge < -0.3 is 9.80 Å². The maximum atomic E-state index is 13.3. The molecule has 0 aromatic heterocycles. The van der Waals surface area contributed by atoms with Crippen molar-refractivity contribution in [1.29, 1.82) is 0 Å². The minimum atomic E-state index is -0.294. The second-order valence-electron chi connectivity index (χ2n) is 10.7. The van der Waals surface area contributed by atoms with Gasteiger partial charge in [0.1, 0.15) is 0 Å². The van der Waals surface area contributed by atoms with E-state index in [1.165, 1.54) is 0 Å². The molecule has 0 aromatic carbocycles. The van der Waals surface area contributed by atoms with E-state index in [1.54, 1.807) is 4.90 Å². The average molecular weight is 403 g/mol. The molecule has 0 unspecified atom stereocenters. The first-order valence-corrected chi connectivity index (χ1v) is 11.8. The van der Waals surface area contributed by atoms with Crippen LogP contribution in [0.2, 0.25) is 0 Å². The van der Waals surface area contributed by atoms with E-state index in [2.05, 4.69) is 27.7 Å². The van der Waals surface area contributed by atoms with Gasteiger partial charge in [0.05, 0.1) is 0 Å². The second-order valence-corrected chi connectivity index (χ2v) is 10.7. The molecule has 3 aliphatic carbocycles. The Morgan fingerprint density at radius 3 is 2.31 bits per heavy atom. The molecule has 0 radical (unpaired) electrons. The van der Waals surface area contributed by atoms with Crippen LogP contribution < -0.4 is 0 Å². The zero-order valence-electron chi connectivity index (χ0n) is 18.9. The van der Waals surface area contributed by atoms with Crippen molar-refractivity contribution in [3.8, 4) is 0 Å². The number of carbonyl (C=O) groups excluding carboxylic acids is 3. The highest BCUT2D eigenvalue weighted by Crippen LogP contribution is 2.66. The van der Waals surface area contributed by atoms with Crippen LogP contribution in [-0.2, 0) is 14.4 Å². The molecule has 1 heterocycles. The van der Waals surface area contributed by atoms with Crippen LogP contribution in [0.25, 0.3) is 0 Å². The van der Waals surface area contributed by atoms with E-state index in [4.69, 9.17) is 0 Å². The fraction of sp³-hybridized carbons (Fsp3) is 0.875. The minimum absolute atomic E-state index is 0.0877. The van der Waals surface area contributed by atoms with Crippen molar-refractivity contribution >= 4 is 17.6 Å². The smallest absolute Gasteiger partial charge is 0.289 e. The summed E-state index contributed by atoms with van der Waals surface area (Å²) in [7, 11) is 1.82. The van der Waals surface area contributed by atoms with Crippen molar-refractivity contribution in [3.63, 3.8) is 0 Å². The number of hydrogen-bond donors (Lipinski definition) is 0. The third kappa shape index (κ3) is 2.82. The van der Waals surface area contributed by atoms with Crippen LogP contribution in [0.4, 0.5) is 0 Å². The van der Waals surface area contributed by atoms with Crippen molar-refractivity contribution in [1.82, 2.24) is 9.80 Å². The molecule has 29 heavy (non-hydrogen) atoms. The number of fused-ring (bicyclic) bond motifs is 5. The van der Waals surface area contributed by atoms with Gasteiger partial charge in [-0.15, -0.1) is 0 Å². The highest BCUT2D eigenvalue weighted by molar-refractivity contribution is 6.36. The summed E-state index contributed by atoms with van der Waals surface area (Å²) in [5.41, 5.74) is -0.0185. The minimum Gasteiger partial charge on any atom is -0.343 e. The number of likely N-dealkylation sites (N-methyl/N-ethyl adjacent to an activating group) is 1. The molecule has 2 amide bonds. The summed E-state index contributed by atoms with van der Waals surface area (Å²) in [5.74, 6) is 1.65. The molecule has 0 N–H and O–H groups in total. The summed E-state index contributed by atoms with van der Waals surface area (Å²) in [4.78, 5) is 41.8. The molecule has 162 valence electrons. The first-order valence-electron chi connectivity index (χ1n) is 11.8. The predicted octanol–water partition coefficient (Wildman–Crippen LogP) is 3.51. The van der Waals surface area contributed by atoms with Gasteiger partial charge >= 0.3 is 0 Å². The molecular weight excluding hydrogens is 364 g/mol. The lowest BCUT2D eigenvalue weighted by molar-refractivity contribution is -0.168. The number of hydrogen-bond acceptors (Lipinski definition) is 3. The van der Waals surface area contributed by atoms with Crippen molar-refractivity contribution in [2.24, 2.45) is 34.5 Å². The van der Waals surface area contributed by atoms with Gasteiger partial charge in [0, 0.05) is 38.5 Å². The Balaban J connectivity index is 1.61. The van der Waals surface area contributed by atoms with E-state index in [0.29, 0.717) is 30.1 Å². The van der Waals surface area contributed by atoms with Crippen molar-refractivity contribution in [2.75, 3.05) is 20.1 Å². The van der Waals surface area contributed by atoms with Crippen molar-refractivity contribution in [3.05, 3.63) is 0 Å². The standard InChI is InChI=1S/C24H38N2O3/c1-6-26(7-2)21(28)18-10-9-16-15-8-11-20-24(4,14-19(27)22(29)25(20)5)17(15)12-13-23(16,18)3/h15-18,20H,6-14H2,1-5H3/t15-,16-,17-,18+,20+,23-,24+/m0/s1. The molecule has 4 fully saturated rings. The van der Waals surface area contributed by atoms with Gasteiger partial charge in [0.25, 0.3) is 5.91 Å². The Kier molecular flexibility index (Phi) is 5.10. The lowest BCUT2D eigenvalue weighted by atomic mass is 9.46. The average Bonchev–Trinajstić information content (AvgIpc) is 3.04. The van der Waals surface area contributed by atoms with E-state index in [0.717, 1.165) is 51.6 Å². The summed E-state index contributed by atoms with van der Waals surface area (Å²) < 4.78 is 0. The van der Waals surface area contributed by atoms with Crippen LogP contribution in [0.1, 0.15) is 72.6 Å². The Hall–Kier alpha value is -1.39. The molecular formula is C24H38N2O3. The quantitative estimate of drug-likeness (QED) is 0.679. The molecule has 1 aliphatic heterocycles. The van der Waals surface area contributed by atoms with Gasteiger partial charge in [-0.2, -0.15) is 0 Å². The molecule has 1 saturated heterocycles. The number of carbonyl (C=O) groups is 3. The maximum absolute atomic E-state index is 13.3. The molecule has 4 aliphatic rings. The van der Waals surface area contributed by atoms with E-state index in [9.17, 15) is 14.4 Å². The van der Waals surface area contributed by atoms with Gasteiger partial charge in [0.15, 0.2) is 0 Å². The van der Waals surface area contributed by atoms with E-state index < -0.39 is 0 Å². The SMILES string of the molecule is CCN(CC)C(=O)[C@H]1CC[C@H]2[C@@H]3CC[C@H]4N(C)C(=O)C(=O)C[C@]4(C)[C@H]3CC[C@]12C. The number of amides is 2. The molecule has 7 atom stereocenters. The number of piperidine rings is 1. The summed E-state index contributed by atoms with van der Waals surface area (Å²) in [5, 5.41) is 0. The van der Waals surface area contributed by atoms with E-state index in [-0.39, 0.29) is 34.5 Å². The first kappa shape index (κ1) is 20.9. The summed E-state index contributed by atoms with van der Waals surface area (Å²) in [6, 6.07) is 0.188. The largest absolute Gasteiger partial charge is 0.343 e. The Morgan fingerprint density at radius 1 is 1.00 bits per heavy atom. The monoisotopic (exact) mass is 402 g/mol. The Bertz CT molecular complexity index is 717. The molecule has 4 rings (SSSR count). The van der Waals surface area contributed by atoms with E-state index in [1.807, 2.05) is 11.9 Å². The van der Waals surface area contributed by atoms with Crippen LogP contribution in [0.5, 0.6) is 0 Å². The topological polar surface area (TPSA) is 57.7 Å². The third-order valence-electron chi connectivity index (χ3n) is 9.76. The van der Waals surface area contributed by atoms with Gasteiger partial charge in [-0.25, -0.2) is 0 Å². The molecule has 5 heteroatoms. The van der Waals surface area contributed by atoms with Crippen molar-refractivity contribution in [2.45, 2.75) is 78.7 Å². The van der Waals surface area contributed by atoms with Gasteiger partial charge in [-0.05, 0) is 81.0 Å². The molecule has 0 spiro atoms. The maximum Gasteiger partial charge on any atom is 0.289 e. The Labute approximate surface area is 175 Å². The summed E-state index contributed by atoms with van der Waals surface area (Å²) >= 11 is 0. The van der Waals surface area contributed by atoms with Crippen LogP contribution in [0.3, 0.4) is 0 Å². The molecule has 5 nitrogen and oxygen atoms in total. The summed E-state index contributed by atoms with van der Waals surface area (Å²) in [6.07, 6.45) is 6.84. The van der Waals surface area contributed by atoms with E-state index >= 15 is 0 Å². The number of ketones is 1. The fourth-order valence-electron chi connectivity index (χ4n) is 8.24. The number of Topliss-reactive ketones (excluding diaryl/α,β-unsaturated/α-hetero) is 1. The zero-order chi connectivity index (χ0) is 21.1. The summed E-state index contributed by atoms with van der Waals surface area (Å²) in [6.45, 7) is 10.4.